The Hall–Kier alpha value is -3.61. The lowest BCUT2D eigenvalue weighted by Crippen LogP contribution is -2.38. The molecule has 2 aromatic carbocycles. The molecule has 0 bridgehead atoms. The van der Waals surface area contributed by atoms with Crippen LogP contribution < -0.4 is 14.4 Å². The molecular weight excluding hydrogens is 392 g/mol. The molecule has 1 aliphatic heterocycles. The van der Waals surface area contributed by atoms with Gasteiger partial charge in [-0.25, -0.2) is 9.97 Å². The number of anilines is 1. The summed E-state index contributed by atoms with van der Waals surface area (Å²) in [6, 6.07) is 15.3. The van der Waals surface area contributed by atoms with Crippen LogP contribution in [0.3, 0.4) is 0 Å². The fourth-order valence-corrected chi connectivity index (χ4v) is 3.88. The van der Waals surface area contributed by atoms with Crippen molar-refractivity contribution in [2.45, 2.75) is 13.0 Å². The number of nitrogens with zero attached hydrogens (tertiary/aromatic N) is 4. The predicted molar refractivity (Wildman–Crippen MR) is 120 cm³/mol. The van der Waals surface area contributed by atoms with E-state index in [0.717, 1.165) is 22.6 Å². The van der Waals surface area contributed by atoms with Crippen molar-refractivity contribution >= 4 is 11.7 Å². The van der Waals surface area contributed by atoms with Gasteiger partial charge >= 0.3 is 0 Å². The van der Waals surface area contributed by atoms with Gasteiger partial charge < -0.3 is 19.3 Å². The first-order valence-corrected chi connectivity index (χ1v) is 10.2. The molecule has 0 saturated carbocycles. The maximum Gasteiger partial charge on any atom is 0.261 e. The molecule has 0 N–H and O–H groups in total. The van der Waals surface area contributed by atoms with Gasteiger partial charge in [-0.2, -0.15) is 0 Å². The molecule has 4 rings (SSSR count). The van der Waals surface area contributed by atoms with Crippen LogP contribution in [0.25, 0.3) is 11.4 Å². The highest BCUT2D eigenvalue weighted by molar-refractivity contribution is 6.00. The molecule has 7 nitrogen and oxygen atoms in total. The Labute approximate surface area is 182 Å². The van der Waals surface area contributed by atoms with Gasteiger partial charge in [0.1, 0.15) is 22.9 Å². The van der Waals surface area contributed by atoms with Gasteiger partial charge in [0.15, 0.2) is 5.82 Å². The van der Waals surface area contributed by atoms with E-state index in [1.54, 1.807) is 31.3 Å². The molecule has 160 valence electrons. The summed E-state index contributed by atoms with van der Waals surface area (Å²) in [5.74, 6) is 2.40. The molecule has 1 aliphatic rings. The van der Waals surface area contributed by atoms with Gasteiger partial charge in [0, 0.05) is 38.2 Å². The number of amides is 1. The maximum atomic E-state index is 13.5. The molecule has 3 aromatic rings. The SMILES string of the molecule is COc1cccc(OC)c1C(=O)N1CCc2nc(-c3ccccc3)nc(N(C)C)c2C1. The second-order valence-electron chi connectivity index (χ2n) is 7.57. The molecule has 31 heavy (non-hydrogen) atoms. The van der Waals surface area contributed by atoms with Gasteiger partial charge in [0.05, 0.1) is 26.5 Å². The molecule has 0 spiro atoms. The van der Waals surface area contributed by atoms with Gasteiger partial charge in [-0.3, -0.25) is 4.79 Å². The zero-order valence-electron chi connectivity index (χ0n) is 18.3. The van der Waals surface area contributed by atoms with E-state index in [2.05, 4.69) is 0 Å². The quantitative estimate of drug-likeness (QED) is 0.633. The van der Waals surface area contributed by atoms with Gasteiger partial charge in [0.2, 0.25) is 0 Å². The van der Waals surface area contributed by atoms with Crippen LogP contribution >= 0.6 is 0 Å². The Morgan fingerprint density at radius 1 is 0.968 bits per heavy atom. The van der Waals surface area contributed by atoms with Crippen molar-refractivity contribution < 1.29 is 14.3 Å². The minimum atomic E-state index is -0.128. The highest BCUT2D eigenvalue weighted by Gasteiger charge is 2.30. The standard InChI is InChI=1S/C24H26N4O3/c1-27(2)23-17-15-28(24(29)21-19(30-3)11-8-12-20(21)31-4)14-13-18(17)25-22(26-23)16-9-6-5-7-10-16/h5-12H,13-15H2,1-4H3. The van der Waals surface area contributed by atoms with E-state index >= 15 is 0 Å². The Kier molecular flexibility index (Phi) is 5.75. The largest absolute Gasteiger partial charge is 0.496 e. The maximum absolute atomic E-state index is 13.5. The van der Waals surface area contributed by atoms with Crippen LogP contribution in [-0.2, 0) is 13.0 Å². The fraction of sp³-hybridized carbons (Fsp3) is 0.292. The molecule has 1 aromatic heterocycles. The number of carbonyl (C=O) groups is 1. The van der Waals surface area contributed by atoms with Gasteiger partial charge in [0.25, 0.3) is 5.91 Å². The lowest BCUT2D eigenvalue weighted by molar-refractivity contribution is 0.0726. The van der Waals surface area contributed by atoms with Gasteiger partial charge in [-0.15, -0.1) is 0 Å². The van der Waals surface area contributed by atoms with Crippen LogP contribution in [0.1, 0.15) is 21.6 Å². The van der Waals surface area contributed by atoms with Crippen LogP contribution in [0.2, 0.25) is 0 Å². The highest BCUT2D eigenvalue weighted by Crippen LogP contribution is 2.33. The zero-order chi connectivity index (χ0) is 22.0. The van der Waals surface area contributed by atoms with Crippen LogP contribution in [-0.4, -0.2) is 55.6 Å². The summed E-state index contributed by atoms with van der Waals surface area (Å²) in [5.41, 5.74) is 3.36. The average molecular weight is 418 g/mol. The van der Waals surface area contributed by atoms with E-state index in [1.807, 2.05) is 55.4 Å². The third kappa shape index (κ3) is 3.91. The Morgan fingerprint density at radius 3 is 2.26 bits per heavy atom. The van der Waals surface area contributed by atoms with E-state index in [4.69, 9.17) is 19.4 Å². The van der Waals surface area contributed by atoms with E-state index in [-0.39, 0.29) is 5.91 Å². The van der Waals surface area contributed by atoms with Crippen LogP contribution in [0, 0.1) is 0 Å². The minimum Gasteiger partial charge on any atom is -0.496 e. The van der Waals surface area contributed by atoms with Crippen LogP contribution in [0.15, 0.2) is 48.5 Å². The second kappa shape index (κ2) is 8.63. The van der Waals surface area contributed by atoms with E-state index in [1.165, 1.54) is 0 Å². The lowest BCUT2D eigenvalue weighted by atomic mass is 10.0. The summed E-state index contributed by atoms with van der Waals surface area (Å²) in [6.07, 6.45) is 0.654. The normalized spacial score (nSPS) is 12.8. The highest BCUT2D eigenvalue weighted by atomic mass is 16.5. The third-order valence-electron chi connectivity index (χ3n) is 5.42. The Morgan fingerprint density at radius 2 is 1.65 bits per heavy atom. The number of methoxy groups -OCH3 is 2. The van der Waals surface area contributed by atoms with E-state index in [0.29, 0.717) is 42.4 Å². The molecule has 0 saturated heterocycles. The average Bonchev–Trinajstić information content (AvgIpc) is 2.82. The van der Waals surface area contributed by atoms with Crippen LogP contribution in [0.5, 0.6) is 11.5 Å². The number of carbonyl (C=O) groups excluding carboxylic acids is 1. The monoisotopic (exact) mass is 418 g/mol. The van der Waals surface area contributed by atoms with Crippen molar-refractivity contribution in [3.8, 4) is 22.9 Å². The topological polar surface area (TPSA) is 67.8 Å². The number of benzene rings is 2. The van der Waals surface area contributed by atoms with Crippen LogP contribution in [0.4, 0.5) is 5.82 Å². The fourth-order valence-electron chi connectivity index (χ4n) is 3.88. The summed E-state index contributed by atoms with van der Waals surface area (Å²) < 4.78 is 10.9. The summed E-state index contributed by atoms with van der Waals surface area (Å²) in [4.78, 5) is 26.9. The number of rotatable bonds is 5. The molecule has 7 heteroatoms. The molecule has 0 aliphatic carbocycles. The predicted octanol–water partition coefficient (Wildman–Crippen LogP) is 3.43. The van der Waals surface area contributed by atoms with E-state index < -0.39 is 0 Å². The first-order chi connectivity index (χ1) is 15.0. The minimum absolute atomic E-state index is 0.128. The summed E-state index contributed by atoms with van der Waals surface area (Å²) in [5, 5.41) is 0. The third-order valence-corrected chi connectivity index (χ3v) is 5.42. The second-order valence-corrected chi connectivity index (χ2v) is 7.57. The number of ether oxygens (including phenoxy) is 2. The molecule has 0 radical (unpaired) electrons. The number of hydrogen-bond donors (Lipinski definition) is 0. The smallest absolute Gasteiger partial charge is 0.261 e. The number of hydrogen-bond acceptors (Lipinski definition) is 6. The van der Waals surface area contributed by atoms with Crippen molar-refractivity contribution in [1.82, 2.24) is 14.9 Å². The summed E-state index contributed by atoms with van der Waals surface area (Å²) >= 11 is 0. The van der Waals surface area contributed by atoms with Crippen molar-refractivity contribution in [2.24, 2.45) is 0 Å². The Bertz CT molecular complexity index is 1080. The molecule has 0 fully saturated rings. The first-order valence-electron chi connectivity index (χ1n) is 10.2. The Balaban J connectivity index is 1.72. The van der Waals surface area contributed by atoms with Crippen molar-refractivity contribution in [3.63, 3.8) is 0 Å². The summed E-state index contributed by atoms with van der Waals surface area (Å²) in [6.45, 7) is 0.989. The van der Waals surface area contributed by atoms with E-state index in [9.17, 15) is 4.79 Å². The molecule has 2 heterocycles. The van der Waals surface area contributed by atoms with Crippen molar-refractivity contribution in [1.29, 1.82) is 0 Å². The van der Waals surface area contributed by atoms with Crippen molar-refractivity contribution in [2.75, 3.05) is 39.8 Å². The summed E-state index contributed by atoms with van der Waals surface area (Å²) in [7, 11) is 7.03. The molecule has 1 amide bonds. The zero-order valence-corrected chi connectivity index (χ0v) is 18.3. The van der Waals surface area contributed by atoms with Gasteiger partial charge in [-0.05, 0) is 12.1 Å². The number of fused-ring (bicyclic) bond motifs is 1. The molecular formula is C24H26N4O3. The molecule has 0 unspecified atom stereocenters. The lowest BCUT2D eigenvalue weighted by Gasteiger charge is -2.31. The first kappa shape index (κ1) is 20.7. The van der Waals surface area contributed by atoms with Gasteiger partial charge in [-0.1, -0.05) is 36.4 Å². The number of aromatic nitrogens is 2. The molecule has 0 atom stereocenters. The van der Waals surface area contributed by atoms with Crippen molar-refractivity contribution in [3.05, 3.63) is 65.4 Å².